The van der Waals surface area contributed by atoms with Crippen molar-refractivity contribution in [1.82, 2.24) is 9.47 Å². The molecule has 0 saturated carbocycles. The molecule has 3 rings (SSSR count). The largest absolute Gasteiger partial charge is 0.385 e. The zero-order valence-electron chi connectivity index (χ0n) is 18.2. The van der Waals surface area contributed by atoms with E-state index in [1.807, 2.05) is 53.2 Å². The maximum atomic E-state index is 13.6. The molecule has 1 aromatic heterocycles. The van der Waals surface area contributed by atoms with E-state index in [1.54, 1.807) is 18.1 Å². The fraction of sp³-hybridized carbons (Fsp3) is 0.320. The van der Waals surface area contributed by atoms with Crippen molar-refractivity contribution in [3.8, 4) is 0 Å². The van der Waals surface area contributed by atoms with Gasteiger partial charge >= 0.3 is 6.03 Å². The van der Waals surface area contributed by atoms with Gasteiger partial charge in [-0.05, 0) is 60.4 Å². The van der Waals surface area contributed by atoms with Crippen molar-refractivity contribution < 1.29 is 13.9 Å². The standard InChI is InChI=1S/C25H30FN3O2/c1-3-20-10-12-23(13-11-20)27-25(30)29(15-6-16-31-2)19-24-9-5-14-28(24)18-21-7-4-8-22(26)17-21/h4-5,7-14,17H,3,6,15-16,18-19H2,1-2H3,(H,27,30). The van der Waals surface area contributed by atoms with Crippen molar-refractivity contribution in [2.24, 2.45) is 0 Å². The van der Waals surface area contributed by atoms with Gasteiger partial charge in [0.1, 0.15) is 5.82 Å². The van der Waals surface area contributed by atoms with Crippen LogP contribution in [0.5, 0.6) is 0 Å². The number of anilines is 1. The third-order valence-electron chi connectivity index (χ3n) is 5.20. The molecule has 31 heavy (non-hydrogen) atoms. The van der Waals surface area contributed by atoms with E-state index in [-0.39, 0.29) is 11.8 Å². The van der Waals surface area contributed by atoms with Crippen LogP contribution in [0.3, 0.4) is 0 Å². The molecule has 0 aliphatic heterocycles. The van der Waals surface area contributed by atoms with E-state index in [4.69, 9.17) is 4.74 Å². The molecule has 164 valence electrons. The van der Waals surface area contributed by atoms with Crippen LogP contribution < -0.4 is 5.32 Å². The van der Waals surface area contributed by atoms with Gasteiger partial charge in [-0.15, -0.1) is 0 Å². The number of aryl methyl sites for hydroxylation is 1. The van der Waals surface area contributed by atoms with Crippen LogP contribution in [0.1, 0.15) is 30.2 Å². The second-order valence-electron chi connectivity index (χ2n) is 7.51. The summed E-state index contributed by atoms with van der Waals surface area (Å²) in [6, 6.07) is 18.3. The summed E-state index contributed by atoms with van der Waals surface area (Å²) in [4.78, 5) is 14.8. The maximum absolute atomic E-state index is 13.6. The van der Waals surface area contributed by atoms with Crippen LogP contribution in [-0.4, -0.2) is 35.8 Å². The van der Waals surface area contributed by atoms with Gasteiger partial charge < -0.3 is 19.5 Å². The highest BCUT2D eigenvalue weighted by molar-refractivity contribution is 5.89. The van der Waals surface area contributed by atoms with Gasteiger partial charge in [-0.2, -0.15) is 0 Å². The van der Waals surface area contributed by atoms with Gasteiger partial charge in [-0.25, -0.2) is 9.18 Å². The van der Waals surface area contributed by atoms with Gasteiger partial charge in [-0.1, -0.05) is 31.2 Å². The summed E-state index contributed by atoms with van der Waals surface area (Å²) in [5.41, 5.74) is 3.86. The van der Waals surface area contributed by atoms with Crippen molar-refractivity contribution in [2.45, 2.75) is 32.9 Å². The summed E-state index contributed by atoms with van der Waals surface area (Å²) in [5.74, 6) is -0.249. The summed E-state index contributed by atoms with van der Waals surface area (Å²) < 4.78 is 20.8. The minimum Gasteiger partial charge on any atom is -0.385 e. The van der Waals surface area contributed by atoms with Crippen molar-refractivity contribution in [3.63, 3.8) is 0 Å². The average Bonchev–Trinajstić information content (AvgIpc) is 3.20. The zero-order chi connectivity index (χ0) is 22.1. The SMILES string of the molecule is CCc1ccc(NC(=O)N(CCCOC)Cc2cccn2Cc2cccc(F)c2)cc1. The van der Waals surface area contributed by atoms with Crippen LogP contribution in [0.2, 0.25) is 0 Å². The molecule has 2 amide bonds. The molecular formula is C25H30FN3O2. The summed E-state index contributed by atoms with van der Waals surface area (Å²) in [7, 11) is 1.66. The lowest BCUT2D eigenvalue weighted by molar-refractivity contribution is 0.171. The zero-order valence-corrected chi connectivity index (χ0v) is 18.2. The molecule has 0 radical (unpaired) electrons. The minimum absolute atomic E-state index is 0.154. The highest BCUT2D eigenvalue weighted by Gasteiger charge is 2.16. The quantitative estimate of drug-likeness (QED) is 0.449. The number of nitrogens with zero attached hydrogens (tertiary/aromatic N) is 2. The number of ether oxygens (including phenoxy) is 1. The van der Waals surface area contributed by atoms with Crippen LogP contribution >= 0.6 is 0 Å². The lowest BCUT2D eigenvalue weighted by atomic mass is 10.1. The van der Waals surface area contributed by atoms with E-state index in [2.05, 4.69) is 12.2 Å². The number of methoxy groups -OCH3 is 1. The maximum Gasteiger partial charge on any atom is 0.322 e. The number of hydrogen-bond acceptors (Lipinski definition) is 2. The predicted molar refractivity (Wildman–Crippen MR) is 122 cm³/mol. The van der Waals surface area contributed by atoms with Crippen molar-refractivity contribution in [3.05, 3.63) is 89.5 Å². The van der Waals surface area contributed by atoms with E-state index < -0.39 is 0 Å². The Hall–Kier alpha value is -3.12. The van der Waals surface area contributed by atoms with Gasteiger partial charge in [-0.3, -0.25) is 0 Å². The summed E-state index contributed by atoms with van der Waals surface area (Å²) in [6.45, 7) is 4.25. The molecule has 5 nitrogen and oxygen atoms in total. The fourth-order valence-corrected chi connectivity index (χ4v) is 3.45. The van der Waals surface area contributed by atoms with Crippen LogP contribution in [0, 0.1) is 5.82 Å². The molecule has 1 N–H and O–H groups in total. The second kappa shape index (κ2) is 11.3. The summed E-state index contributed by atoms with van der Waals surface area (Å²) in [6.07, 6.45) is 3.65. The molecule has 0 unspecified atom stereocenters. The Morgan fingerprint density at radius 3 is 2.61 bits per heavy atom. The number of hydrogen-bond donors (Lipinski definition) is 1. The molecule has 0 fully saturated rings. The molecule has 2 aromatic carbocycles. The monoisotopic (exact) mass is 423 g/mol. The summed E-state index contributed by atoms with van der Waals surface area (Å²) >= 11 is 0. The number of urea groups is 1. The number of benzene rings is 2. The third kappa shape index (κ3) is 6.69. The highest BCUT2D eigenvalue weighted by atomic mass is 19.1. The van der Waals surface area contributed by atoms with Gasteiger partial charge in [0, 0.05) is 44.4 Å². The van der Waals surface area contributed by atoms with Crippen LogP contribution in [0.15, 0.2) is 66.9 Å². The number of carbonyl (C=O) groups excluding carboxylic acids is 1. The number of aromatic nitrogens is 1. The van der Waals surface area contributed by atoms with Crippen molar-refractivity contribution >= 4 is 11.7 Å². The van der Waals surface area contributed by atoms with E-state index in [9.17, 15) is 9.18 Å². The van der Waals surface area contributed by atoms with E-state index in [0.29, 0.717) is 26.2 Å². The molecule has 0 saturated heterocycles. The molecule has 0 aliphatic rings. The van der Waals surface area contributed by atoms with Gasteiger partial charge in [0.05, 0.1) is 6.54 Å². The molecular weight excluding hydrogens is 393 g/mol. The average molecular weight is 424 g/mol. The molecule has 1 heterocycles. The number of nitrogens with one attached hydrogen (secondary N) is 1. The Bertz CT molecular complexity index is 969. The van der Waals surface area contributed by atoms with Crippen molar-refractivity contribution in [1.29, 1.82) is 0 Å². The molecule has 0 bridgehead atoms. The first-order valence-corrected chi connectivity index (χ1v) is 10.6. The fourth-order valence-electron chi connectivity index (χ4n) is 3.45. The normalized spacial score (nSPS) is 10.8. The number of halogens is 1. The minimum atomic E-state index is -0.249. The van der Waals surface area contributed by atoms with E-state index >= 15 is 0 Å². The number of rotatable bonds is 10. The number of amides is 2. The van der Waals surface area contributed by atoms with Crippen LogP contribution in [0.4, 0.5) is 14.9 Å². The second-order valence-corrected chi connectivity index (χ2v) is 7.51. The third-order valence-corrected chi connectivity index (χ3v) is 5.20. The smallest absolute Gasteiger partial charge is 0.322 e. The molecule has 0 aliphatic carbocycles. The first-order valence-electron chi connectivity index (χ1n) is 10.6. The number of carbonyl (C=O) groups is 1. The molecule has 0 atom stereocenters. The summed E-state index contributed by atoms with van der Waals surface area (Å²) in [5, 5.41) is 3.00. The molecule has 6 heteroatoms. The Kier molecular flexibility index (Phi) is 8.24. The molecule has 0 spiro atoms. The Morgan fingerprint density at radius 1 is 1.10 bits per heavy atom. The predicted octanol–water partition coefficient (Wildman–Crippen LogP) is 5.31. The first-order chi connectivity index (χ1) is 15.1. The van der Waals surface area contributed by atoms with Crippen LogP contribution in [-0.2, 0) is 24.2 Å². The molecule has 3 aromatic rings. The lowest BCUT2D eigenvalue weighted by Gasteiger charge is -2.24. The van der Waals surface area contributed by atoms with Crippen LogP contribution in [0.25, 0.3) is 0 Å². The van der Waals surface area contributed by atoms with Gasteiger partial charge in [0.2, 0.25) is 0 Å². The van der Waals surface area contributed by atoms with Gasteiger partial charge in [0.15, 0.2) is 0 Å². The lowest BCUT2D eigenvalue weighted by Crippen LogP contribution is -2.36. The Balaban J connectivity index is 1.71. The van der Waals surface area contributed by atoms with E-state index in [0.717, 1.165) is 29.8 Å². The first kappa shape index (κ1) is 22.6. The van der Waals surface area contributed by atoms with Crippen molar-refractivity contribution in [2.75, 3.05) is 25.6 Å². The Labute approximate surface area is 183 Å². The topological polar surface area (TPSA) is 46.5 Å². The Morgan fingerprint density at radius 2 is 1.90 bits per heavy atom. The van der Waals surface area contributed by atoms with Gasteiger partial charge in [0.25, 0.3) is 0 Å². The van der Waals surface area contributed by atoms with E-state index in [1.165, 1.54) is 17.7 Å². The highest BCUT2D eigenvalue weighted by Crippen LogP contribution is 2.15.